The number of fused-ring (bicyclic) bond motifs is 1. The lowest BCUT2D eigenvalue weighted by molar-refractivity contribution is -0.130. The molecule has 1 saturated heterocycles. The Kier molecular flexibility index (Phi) is 7.64. The third-order valence-electron chi connectivity index (χ3n) is 6.87. The Morgan fingerprint density at radius 3 is 2.19 bits per heavy atom. The van der Waals surface area contributed by atoms with Crippen LogP contribution in [0.2, 0.25) is 0 Å². The summed E-state index contributed by atoms with van der Waals surface area (Å²) in [6, 6.07) is 15.9. The van der Waals surface area contributed by atoms with Gasteiger partial charge in [-0.05, 0) is 45.7 Å². The van der Waals surface area contributed by atoms with Gasteiger partial charge in [0.2, 0.25) is 17.6 Å². The van der Waals surface area contributed by atoms with E-state index < -0.39 is 0 Å². The Balaban J connectivity index is 1.54. The maximum Gasteiger partial charge on any atom is 0.227 e. The van der Waals surface area contributed by atoms with Crippen LogP contribution in [0.4, 0.5) is 0 Å². The number of aliphatic hydroxyl groups excluding tert-OH is 1. The van der Waals surface area contributed by atoms with Gasteiger partial charge in [0.15, 0.2) is 11.5 Å². The molecule has 1 fully saturated rings. The monoisotopic (exact) mass is 492 g/mol. The van der Waals surface area contributed by atoms with Crippen molar-refractivity contribution in [3.05, 3.63) is 54.1 Å². The van der Waals surface area contributed by atoms with Gasteiger partial charge in [-0.1, -0.05) is 30.3 Å². The van der Waals surface area contributed by atoms with Crippen molar-refractivity contribution in [2.45, 2.75) is 6.42 Å². The van der Waals surface area contributed by atoms with Crippen LogP contribution in [-0.2, 0) is 16.0 Å². The van der Waals surface area contributed by atoms with Gasteiger partial charge in [-0.25, -0.2) is 0 Å². The van der Waals surface area contributed by atoms with Gasteiger partial charge < -0.3 is 29.5 Å². The van der Waals surface area contributed by atoms with Crippen molar-refractivity contribution in [2.24, 2.45) is 11.8 Å². The van der Waals surface area contributed by atoms with Crippen molar-refractivity contribution in [3.63, 3.8) is 0 Å². The van der Waals surface area contributed by atoms with E-state index >= 15 is 0 Å². The molecule has 1 heterocycles. The van der Waals surface area contributed by atoms with Crippen LogP contribution < -0.4 is 19.5 Å². The average Bonchev–Trinajstić information content (AvgIpc) is 3.36. The minimum atomic E-state index is -0.380. The maximum atomic E-state index is 13.0. The minimum absolute atomic E-state index is 0.0479. The predicted octanol–water partition coefficient (Wildman–Crippen LogP) is 2.89. The standard InChI is InChI=1S/C28H32N2O6/c1-29-28(33)23-15-30(14-22(23)16-31)26(32)10-17-5-6-19-11-20(8-7-18(19)9-17)21-12-24(34-2)27(36-4)25(13-21)35-3/h5-9,11-13,22-23,31H,10,14-16H2,1-4H3,(H,29,33). The maximum absolute atomic E-state index is 13.0. The number of aliphatic hydroxyl groups is 1. The number of amides is 2. The number of hydrogen-bond acceptors (Lipinski definition) is 6. The third kappa shape index (κ3) is 4.95. The molecule has 36 heavy (non-hydrogen) atoms. The van der Waals surface area contributed by atoms with Crippen LogP contribution in [0.15, 0.2) is 48.5 Å². The third-order valence-corrected chi connectivity index (χ3v) is 6.87. The lowest BCUT2D eigenvalue weighted by Gasteiger charge is -2.16. The second kappa shape index (κ2) is 10.9. The van der Waals surface area contributed by atoms with E-state index in [-0.39, 0.29) is 36.7 Å². The molecule has 1 aliphatic heterocycles. The Morgan fingerprint density at radius 1 is 0.917 bits per heavy atom. The summed E-state index contributed by atoms with van der Waals surface area (Å²) in [6.45, 7) is 0.598. The summed E-state index contributed by atoms with van der Waals surface area (Å²) < 4.78 is 16.4. The number of nitrogens with zero attached hydrogens (tertiary/aromatic N) is 1. The summed E-state index contributed by atoms with van der Waals surface area (Å²) in [6.07, 6.45) is 0.239. The molecule has 1 aliphatic rings. The molecule has 8 nitrogen and oxygen atoms in total. The molecule has 0 spiro atoms. The molecule has 2 N–H and O–H groups in total. The highest BCUT2D eigenvalue weighted by Gasteiger charge is 2.38. The van der Waals surface area contributed by atoms with E-state index in [2.05, 4.69) is 11.4 Å². The summed E-state index contributed by atoms with van der Waals surface area (Å²) in [5, 5.41) is 14.3. The van der Waals surface area contributed by atoms with Crippen LogP contribution in [0.5, 0.6) is 17.2 Å². The molecule has 190 valence electrons. The van der Waals surface area contributed by atoms with Gasteiger partial charge in [0.25, 0.3) is 0 Å². The molecule has 0 aromatic heterocycles. The molecule has 0 radical (unpaired) electrons. The molecule has 0 saturated carbocycles. The van der Waals surface area contributed by atoms with Crippen LogP contribution >= 0.6 is 0 Å². The predicted molar refractivity (Wildman–Crippen MR) is 137 cm³/mol. The lowest BCUT2D eigenvalue weighted by atomic mass is 9.96. The van der Waals surface area contributed by atoms with Gasteiger partial charge in [0.1, 0.15) is 0 Å². The highest BCUT2D eigenvalue weighted by molar-refractivity contribution is 5.90. The van der Waals surface area contributed by atoms with Gasteiger partial charge in [-0.15, -0.1) is 0 Å². The fraction of sp³-hybridized carbons (Fsp3) is 0.357. The number of benzene rings is 3. The van der Waals surface area contributed by atoms with Crippen molar-refractivity contribution in [1.82, 2.24) is 10.2 Å². The number of ether oxygens (including phenoxy) is 3. The van der Waals surface area contributed by atoms with E-state index in [1.165, 1.54) is 0 Å². The van der Waals surface area contributed by atoms with Gasteiger partial charge in [-0.3, -0.25) is 9.59 Å². The Bertz CT molecular complexity index is 1250. The average molecular weight is 493 g/mol. The Morgan fingerprint density at radius 2 is 1.58 bits per heavy atom. The number of likely N-dealkylation sites (tertiary alicyclic amines) is 1. The zero-order valence-electron chi connectivity index (χ0n) is 21.0. The molecule has 0 aliphatic carbocycles. The fourth-order valence-corrected chi connectivity index (χ4v) is 4.86. The molecule has 2 amide bonds. The topological polar surface area (TPSA) is 97.3 Å². The van der Waals surface area contributed by atoms with Gasteiger partial charge >= 0.3 is 0 Å². The first-order chi connectivity index (χ1) is 17.4. The largest absolute Gasteiger partial charge is 0.493 e. The summed E-state index contributed by atoms with van der Waals surface area (Å²) in [5.74, 6) is 0.915. The minimum Gasteiger partial charge on any atom is -0.493 e. The number of hydrogen-bond donors (Lipinski definition) is 2. The van der Waals surface area contributed by atoms with E-state index in [1.54, 1.807) is 33.3 Å². The van der Waals surface area contributed by atoms with Gasteiger partial charge in [0.05, 0.1) is 33.7 Å². The van der Waals surface area contributed by atoms with E-state index in [0.29, 0.717) is 30.3 Å². The van der Waals surface area contributed by atoms with Crippen LogP contribution in [-0.4, -0.2) is 69.9 Å². The van der Waals surface area contributed by atoms with Crippen LogP contribution in [0, 0.1) is 11.8 Å². The zero-order valence-corrected chi connectivity index (χ0v) is 21.0. The summed E-state index contributed by atoms with van der Waals surface area (Å²) in [5.41, 5.74) is 2.83. The molecule has 0 bridgehead atoms. The number of rotatable bonds is 8. The van der Waals surface area contributed by atoms with E-state index in [0.717, 1.165) is 27.5 Å². The summed E-state index contributed by atoms with van der Waals surface area (Å²) >= 11 is 0. The molecule has 2 unspecified atom stereocenters. The SMILES string of the molecule is CNC(=O)C1CN(C(=O)Cc2ccc3cc(-c4cc(OC)c(OC)c(OC)c4)ccc3c2)CC1CO. The first kappa shape index (κ1) is 25.3. The van der Waals surface area contributed by atoms with Crippen molar-refractivity contribution >= 4 is 22.6 Å². The van der Waals surface area contributed by atoms with E-state index in [1.807, 2.05) is 42.5 Å². The summed E-state index contributed by atoms with van der Waals surface area (Å²) in [7, 11) is 6.33. The first-order valence-electron chi connectivity index (χ1n) is 11.9. The van der Waals surface area contributed by atoms with Crippen LogP contribution in [0.25, 0.3) is 21.9 Å². The molecule has 8 heteroatoms. The number of methoxy groups -OCH3 is 3. The van der Waals surface area contributed by atoms with Crippen molar-refractivity contribution < 1.29 is 28.9 Å². The van der Waals surface area contributed by atoms with Crippen molar-refractivity contribution in [2.75, 3.05) is 48.1 Å². The van der Waals surface area contributed by atoms with E-state index in [4.69, 9.17) is 14.2 Å². The smallest absolute Gasteiger partial charge is 0.227 e. The Hall–Kier alpha value is -3.78. The molecular weight excluding hydrogens is 460 g/mol. The van der Waals surface area contributed by atoms with Crippen molar-refractivity contribution in [3.8, 4) is 28.4 Å². The first-order valence-corrected chi connectivity index (χ1v) is 11.9. The Labute approximate surface area is 210 Å². The second-order valence-electron chi connectivity index (χ2n) is 8.95. The number of carbonyl (C=O) groups excluding carboxylic acids is 2. The highest BCUT2D eigenvalue weighted by atomic mass is 16.5. The number of carbonyl (C=O) groups is 2. The quantitative estimate of drug-likeness (QED) is 0.502. The molecule has 3 aromatic rings. The van der Waals surface area contributed by atoms with Gasteiger partial charge in [-0.2, -0.15) is 0 Å². The molecule has 3 aromatic carbocycles. The fourth-order valence-electron chi connectivity index (χ4n) is 4.86. The normalized spacial score (nSPS) is 17.2. The zero-order chi connectivity index (χ0) is 25.8. The number of nitrogens with one attached hydrogen (secondary N) is 1. The lowest BCUT2D eigenvalue weighted by Crippen LogP contribution is -2.34. The summed E-state index contributed by atoms with van der Waals surface area (Å²) in [4.78, 5) is 26.7. The van der Waals surface area contributed by atoms with Crippen molar-refractivity contribution in [1.29, 1.82) is 0 Å². The molecular formula is C28H32N2O6. The van der Waals surface area contributed by atoms with Crippen LogP contribution in [0.3, 0.4) is 0 Å². The van der Waals surface area contributed by atoms with E-state index in [9.17, 15) is 14.7 Å². The second-order valence-corrected chi connectivity index (χ2v) is 8.95. The van der Waals surface area contributed by atoms with Gasteiger partial charge in [0, 0.05) is 32.7 Å². The highest BCUT2D eigenvalue weighted by Crippen LogP contribution is 2.41. The molecule has 4 rings (SSSR count). The van der Waals surface area contributed by atoms with Crippen LogP contribution in [0.1, 0.15) is 5.56 Å². The molecule has 2 atom stereocenters.